The van der Waals surface area contributed by atoms with Crippen LogP contribution >= 0.6 is 0 Å². The molecule has 0 bridgehead atoms. The summed E-state index contributed by atoms with van der Waals surface area (Å²) in [6.45, 7) is 7.67. The highest BCUT2D eigenvalue weighted by Gasteiger charge is 2.26. The number of carbonyl (C=O) groups excluding carboxylic acids is 1. The highest BCUT2D eigenvalue weighted by molar-refractivity contribution is 5.81. The molecule has 3 aromatic rings. The number of ether oxygens (including phenoxy) is 1. The van der Waals surface area contributed by atoms with Gasteiger partial charge >= 0.3 is 5.97 Å². The van der Waals surface area contributed by atoms with E-state index in [0.29, 0.717) is 6.42 Å². The number of hydrogen-bond donors (Lipinski definition) is 1. The minimum atomic E-state index is -0.541. The Morgan fingerprint density at radius 2 is 1.74 bits per heavy atom. The van der Waals surface area contributed by atoms with Gasteiger partial charge in [0.15, 0.2) is 0 Å². The average Bonchev–Trinajstić information content (AvgIpc) is 2.61. The largest absolute Gasteiger partial charge is 0.458 e. The number of anilines is 1. The lowest BCUT2D eigenvalue weighted by Crippen LogP contribution is -2.38. The number of pyridine rings is 1. The van der Waals surface area contributed by atoms with Gasteiger partial charge in [-0.05, 0) is 52.0 Å². The van der Waals surface area contributed by atoms with E-state index < -0.39 is 11.6 Å². The number of aryl methyl sites for hydroxylation is 1. The second kappa shape index (κ2) is 7.78. The van der Waals surface area contributed by atoms with E-state index in [9.17, 15) is 4.79 Å². The summed E-state index contributed by atoms with van der Waals surface area (Å²) in [5, 5.41) is 4.40. The smallest absolute Gasteiger partial charge is 0.329 e. The third kappa shape index (κ3) is 5.30. The molecule has 1 aromatic heterocycles. The zero-order valence-corrected chi connectivity index (χ0v) is 16.3. The number of nitrogens with one attached hydrogen (secondary N) is 1. The zero-order chi connectivity index (χ0) is 19.4. The van der Waals surface area contributed by atoms with E-state index in [0.717, 1.165) is 22.3 Å². The summed E-state index contributed by atoms with van der Waals surface area (Å²) in [5.41, 5.74) is 3.29. The predicted molar refractivity (Wildman–Crippen MR) is 110 cm³/mol. The second-order valence-electron chi connectivity index (χ2n) is 7.80. The maximum absolute atomic E-state index is 12.8. The number of aromatic nitrogens is 1. The summed E-state index contributed by atoms with van der Waals surface area (Å²) in [5.74, 6) is -0.280. The van der Waals surface area contributed by atoms with Crippen LogP contribution in [-0.2, 0) is 16.0 Å². The fourth-order valence-corrected chi connectivity index (χ4v) is 2.85. The first-order chi connectivity index (χ1) is 12.8. The number of hydrogen-bond acceptors (Lipinski definition) is 4. The molecule has 3 rings (SSSR count). The van der Waals surface area contributed by atoms with Gasteiger partial charge in [-0.1, -0.05) is 42.0 Å². The van der Waals surface area contributed by atoms with E-state index in [4.69, 9.17) is 9.72 Å². The average molecular weight is 362 g/mol. The quantitative estimate of drug-likeness (QED) is 0.655. The Morgan fingerprint density at radius 3 is 2.44 bits per heavy atom. The van der Waals surface area contributed by atoms with E-state index >= 15 is 0 Å². The van der Waals surface area contributed by atoms with Crippen molar-refractivity contribution < 1.29 is 9.53 Å². The van der Waals surface area contributed by atoms with E-state index in [1.807, 2.05) is 88.4 Å². The van der Waals surface area contributed by atoms with Gasteiger partial charge in [-0.15, -0.1) is 0 Å². The summed E-state index contributed by atoms with van der Waals surface area (Å²) in [4.78, 5) is 17.5. The van der Waals surface area contributed by atoms with Gasteiger partial charge in [-0.3, -0.25) is 4.98 Å². The monoisotopic (exact) mass is 362 g/mol. The molecule has 4 heteroatoms. The molecule has 0 fully saturated rings. The van der Waals surface area contributed by atoms with Crippen molar-refractivity contribution >= 4 is 22.6 Å². The summed E-state index contributed by atoms with van der Waals surface area (Å²) >= 11 is 0. The van der Waals surface area contributed by atoms with Crippen molar-refractivity contribution in [3.05, 3.63) is 71.9 Å². The van der Waals surface area contributed by atoms with Gasteiger partial charge in [0.2, 0.25) is 0 Å². The number of esters is 1. The van der Waals surface area contributed by atoms with Crippen LogP contribution in [0.2, 0.25) is 0 Å². The molecule has 27 heavy (non-hydrogen) atoms. The van der Waals surface area contributed by atoms with Crippen molar-refractivity contribution in [1.82, 2.24) is 4.98 Å². The maximum atomic E-state index is 12.8. The molecule has 0 aliphatic carbocycles. The fourth-order valence-electron chi connectivity index (χ4n) is 2.85. The van der Waals surface area contributed by atoms with Gasteiger partial charge in [-0.2, -0.15) is 0 Å². The molecule has 2 aromatic carbocycles. The molecule has 0 saturated heterocycles. The van der Waals surface area contributed by atoms with Crippen molar-refractivity contribution in [1.29, 1.82) is 0 Å². The van der Waals surface area contributed by atoms with Gasteiger partial charge in [0.05, 0.1) is 5.52 Å². The highest BCUT2D eigenvalue weighted by atomic mass is 16.6. The normalized spacial score (nSPS) is 12.6. The van der Waals surface area contributed by atoms with Gasteiger partial charge < -0.3 is 10.1 Å². The van der Waals surface area contributed by atoms with Crippen LogP contribution < -0.4 is 5.32 Å². The lowest BCUT2D eigenvalue weighted by atomic mass is 10.1. The molecular weight excluding hydrogens is 336 g/mol. The van der Waals surface area contributed by atoms with Crippen LogP contribution in [0.3, 0.4) is 0 Å². The number of nitrogens with zero attached hydrogens (tertiary/aromatic N) is 1. The Bertz CT molecular complexity index is 927. The van der Waals surface area contributed by atoms with Crippen molar-refractivity contribution in [2.75, 3.05) is 5.32 Å². The van der Waals surface area contributed by atoms with Crippen molar-refractivity contribution in [3.63, 3.8) is 0 Å². The Kier molecular flexibility index (Phi) is 5.45. The molecular formula is C23H26N2O2. The third-order valence-corrected chi connectivity index (χ3v) is 4.15. The first-order valence-corrected chi connectivity index (χ1v) is 9.21. The number of para-hydroxylation sites is 1. The van der Waals surface area contributed by atoms with Gasteiger partial charge in [0, 0.05) is 23.2 Å². The molecule has 1 atom stereocenters. The Hall–Kier alpha value is -2.88. The van der Waals surface area contributed by atoms with E-state index in [2.05, 4.69) is 5.32 Å². The number of rotatable bonds is 5. The van der Waals surface area contributed by atoms with Crippen LogP contribution in [0.15, 0.2) is 60.7 Å². The topological polar surface area (TPSA) is 51.2 Å². The Labute approximate surface area is 160 Å². The molecule has 0 saturated carbocycles. The van der Waals surface area contributed by atoms with Crippen LogP contribution in [0.5, 0.6) is 0 Å². The SMILES string of the molecule is Cc1ccc(NC(Cc2ccc3ccccc3n2)C(=O)OC(C)(C)C)cc1. The molecule has 4 nitrogen and oxygen atoms in total. The number of benzene rings is 2. The molecule has 0 aliphatic heterocycles. The molecule has 0 amide bonds. The minimum Gasteiger partial charge on any atom is -0.458 e. The summed E-state index contributed by atoms with van der Waals surface area (Å²) < 4.78 is 5.63. The molecule has 0 radical (unpaired) electrons. The van der Waals surface area contributed by atoms with Crippen LogP contribution in [0.1, 0.15) is 32.0 Å². The molecule has 0 aliphatic rings. The lowest BCUT2D eigenvalue weighted by Gasteiger charge is -2.25. The van der Waals surface area contributed by atoms with Crippen molar-refractivity contribution in [2.45, 2.75) is 45.8 Å². The Balaban J connectivity index is 1.85. The van der Waals surface area contributed by atoms with Crippen LogP contribution in [0.25, 0.3) is 10.9 Å². The maximum Gasteiger partial charge on any atom is 0.329 e. The Morgan fingerprint density at radius 1 is 1.04 bits per heavy atom. The first kappa shape index (κ1) is 18.9. The lowest BCUT2D eigenvalue weighted by molar-refractivity contribution is -0.155. The van der Waals surface area contributed by atoms with Gasteiger partial charge in [-0.25, -0.2) is 4.79 Å². The van der Waals surface area contributed by atoms with Crippen LogP contribution in [-0.4, -0.2) is 22.6 Å². The minimum absolute atomic E-state index is 0.280. The zero-order valence-electron chi connectivity index (χ0n) is 16.3. The van der Waals surface area contributed by atoms with Crippen molar-refractivity contribution in [3.8, 4) is 0 Å². The third-order valence-electron chi connectivity index (χ3n) is 4.15. The van der Waals surface area contributed by atoms with Crippen LogP contribution in [0, 0.1) is 6.92 Å². The highest BCUT2D eigenvalue weighted by Crippen LogP contribution is 2.18. The van der Waals surface area contributed by atoms with Gasteiger partial charge in [0.25, 0.3) is 0 Å². The van der Waals surface area contributed by atoms with Crippen LogP contribution in [0.4, 0.5) is 5.69 Å². The molecule has 1 N–H and O–H groups in total. The predicted octanol–water partition coefficient (Wildman–Crippen LogP) is 4.91. The second-order valence-corrected chi connectivity index (χ2v) is 7.80. The number of carbonyl (C=O) groups is 1. The van der Waals surface area contributed by atoms with E-state index in [-0.39, 0.29) is 5.97 Å². The standard InChI is InChI=1S/C23H26N2O2/c1-16-9-12-18(13-10-16)24-21(22(26)27-23(2,3)4)15-19-14-11-17-7-5-6-8-20(17)25-19/h5-14,21,24H,15H2,1-4H3. The fraction of sp³-hybridized carbons (Fsp3) is 0.304. The van der Waals surface area contributed by atoms with E-state index in [1.165, 1.54) is 5.56 Å². The number of fused-ring (bicyclic) bond motifs is 1. The molecule has 1 heterocycles. The van der Waals surface area contributed by atoms with E-state index in [1.54, 1.807) is 0 Å². The van der Waals surface area contributed by atoms with Crippen molar-refractivity contribution in [2.24, 2.45) is 0 Å². The summed E-state index contributed by atoms with van der Waals surface area (Å²) in [7, 11) is 0. The summed E-state index contributed by atoms with van der Waals surface area (Å²) in [6, 6.07) is 19.4. The molecule has 1 unspecified atom stereocenters. The van der Waals surface area contributed by atoms with Gasteiger partial charge in [0.1, 0.15) is 11.6 Å². The summed E-state index contributed by atoms with van der Waals surface area (Å²) in [6.07, 6.45) is 0.452. The molecule has 140 valence electrons. The first-order valence-electron chi connectivity index (χ1n) is 9.21. The molecule has 0 spiro atoms.